The molecule has 0 aliphatic carbocycles. The minimum Gasteiger partial charge on any atom is -0.462 e. The van der Waals surface area contributed by atoms with Crippen LogP contribution in [0.1, 0.15) is 22.8 Å². The van der Waals surface area contributed by atoms with E-state index in [1.54, 1.807) is 37.3 Å². The monoisotopic (exact) mass is 389 g/mol. The summed E-state index contributed by atoms with van der Waals surface area (Å²) in [7, 11) is 0. The Kier molecular flexibility index (Phi) is 5.51. The number of aromatic nitrogens is 1. The molecule has 8 heteroatoms. The fourth-order valence-corrected chi connectivity index (χ4v) is 2.98. The third-order valence-corrected chi connectivity index (χ3v) is 4.24. The first kappa shape index (κ1) is 19.5. The number of hydrogen-bond donors (Lipinski definition) is 1. The van der Waals surface area contributed by atoms with E-state index in [0.717, 1.165) is 0 Å². The highest BCUT2D eigenvalue weighted by molar-refractivity contribution is 6.04. The van der Waals surface area contributed by atoms with E-state index >= 15 is 0 Å². The summed E-state index contributed by atoms with van der Waals surface area (Å²) in [5.74, 6) is -0.715. The molecular weight excluding hydrogens is 374 g/mol. The molecule has 29 heavy (non-hydrogen) atoms. The zero-order valence-electron chi connectivity index (χ0n) is 15.3. The zero-order valence-corrected chi connectivity index (χ0v) is 15.3. The van der Waals surface area contributed by atoms with Gasteiger partial charge in [-0.15, -0.1) is 0 Å². The van der Waals surface area contributed by atoms with Gasteiger partial charge >= 0.3 is 5.97 Å². The zero-order chi connectivity index (χ0) is 21.0. The van der Waals surface area contributed by atoms with Gasteiger partial charge in [0.1, 0.15) is 11.6 Å². The van der Waals surface area contributed by atoms with Gasteiger partial charge in [0, 0.05) is 17.7 Å². The normalized spacial score (nSPS) is 10.2. The van der Waals surface area contributed by atoms with Crippen molar-refractivity contribution in [3.8, 4) is 28.5 Å². The molecule has 1 heterocycles. The van der Waals surface area contributed by atoms with Gasteiger partial charge in [0.25, 0.3) is 11.2 Å². The molecule has 0 saturated heterocycles. The quantitative estimate of drug-likeness (QED) is 0.403. The van der Waals surface area contributed by atoms with Crippen LogP contribution in [0.2, 0.25) is 0 Å². The van der Waals surface area contributed by atoms with Crippen LogP contribution >= 0.6 is 0 Å². The maximum absolute atomic E-state index is 12.8. The summed E-state index contributed by atoms with van der Waals surface area (Å²) in [4.78, 5) is 38.4. The number of ether oxygens (including phenoxy) is 1. The highest BCUT2D eigenvalue weighted by Crippen LogP contribution is 2.33. The van der Waals surface area contributed by atoms with Crippen LogP contribution in [0, 0.1) is 21.4 Å². The molecule has 2 aromatic carbocycles. The Morgan fingerprint density at radius 2 is 1.79 bits per heavy atom. The Hall–Kier alpha value is -4.25. The van der Waals surface area contributed by atoms with E-state index in [1.807, 2.05) is 6.07 Å². The number of rotatable bonds is 5. The molecule has 0 amide bonds. The van der Waals surface area contributed by atoms with Gasteiger partial charge in [-0.2, -0.15) is 5.26 Å². The lowest BCUT2D eigenvalue weighted by atomic mass is 9.92. The van der Waals surface area contributed by atoms with Gasteiger partial charge in [-0.25, -0.2) is 4.79 Å². The third kappa shape index (κ3) is 3.75. The van der Waals surface area contributed by atoms with Crippen LogP contribution in [0.15, 0.2) is 59.4 Å². The van der Waals surface area contributed by atoms with Crippen LogP contribution in [0.3, 0.4) is 0 Å². The Labute approximate surface area is 165 Å². The highest BCUT2D eigenvalue weighted by atomic mass is 16.6. The Morgan fingerprint density at radius 1 is 1.14 bits per heavy atom. The summed E-state index contributed by atoms with van der Waals surface area (Å²) in [6.45, 7) is 1.73. The fourth-order valence-electron chi connectivity index (χ4n) is 2.98. The summed E-state index contributed by atoms with van der Waals surface area (Å²) >= 11 is 0. The molecule has 0 fully saturated rings. The van der Waals surface area contributed by atoms with Crippen molar-refractivity contribution < 1.29 is 14.5 Å². The van der Waals surface area contributed by atoms with E-state index in [-0.39, 0.29) is 34.7 Å². The predicted molar refractivity (Wildman–Crippen MR) is 105 cm³/mol. The lowest BCUT2D eigenvalue weighted by molar-refractivity contribution is -0.384. The maximum atomic E-state index is 12.8. The fraction of sp³-hybridized carbons (Fsp3) is 0.0952. The third-order valence-electron chi connectivity index (χ3n) is 4.24. The van der Waals surface area contributed by atoms with Crippen LogP contribution in [0.25, 0.3) is 22.4 Å². The van der Waals surface area contributed by atoms with Gasteiger partial charge in [0.15, 0.2) is 0 Å². The van der Waals surface area contributed by atoms with Crippen molar-refractivity contribution in [2.45, 2.75) is 6.92 Å². The molecule has 0 unspecified atom stereocenters. The number of H-pyrrole nitrogens is 1. The van der Waals surface area contributed by atoms with Crippen molar-refractivity contribution in [1.29, 1.82) is 5.26 Å². The van der Waals surface area contributed by atoms with Crippen molar-refractivity contribution >= 4 is 11.7 Å². The van der Waals surface area contributed by atoms with E-state index in [2.05, 4.69) is 4.98 Å². The van der Waals surface area contributed by atoms with Gasteiger partial charge in [-0.1, -0.05) is 30.3 Å². The van der Waals surface area contributed by atoms with Crippen LogP contribution in [-0.2, 0) is 4.74 Å². The Balaban J connectivity index is 2.40. The molecule has 0 bridgehead atoms. The van der Waals surface area contributed by atoms with E-state index in [0.29, 0.717) is 11.1 Å². The summed E-state index contributed by atoms with van der Waals surface area (Å²) in [6, 6.07) is 15.8. The predicted octanol–water partition coefficient (Wildman–Crippen LogP) is 3.67. The Bertz CT molecular complexity index is 1180. The molecule has 1 N–H and O–H groups in total. The van der Waals surface area contributed by atoms with Gasteiger partial charge < -0.3 is 9.72 Å². The molecule has 144 valence electrons. The summed E-state index contributed by atoms with van der Waals surface area (Å²) in [5, 5.41) is 20.5. The lowest BCUT2D eigenvalue weighted by Crippen LogP contribution is -2.20. The first-order chi connectivity index (χ1) is 14.0. The van der Waals surface area contributed by atoms with E-state index < -0.39 is 16.5 Å². The van der Waals surface area contributed by atoms with Crippen molar-refractivity contribution in [2.24, 2.45) is 0 Å². The number of esters is 1. The summed E-state index contributed by atoms with van der Waals surface area (Å²) in [5.41, 5.74) is 0.0686. The number of pyridine rings is 1. The van der Waals surface area contributed by atoms with Crippen LogP contribution in [0.4, 0.5) is 5.69 Å². The van der Waals surface area contributed by atoms with Crippen LogP contribution in [0.5, 0.6) is 0 Å². The van der Waals surface area contributed by atoms with E-state index in [1.165, 1.54) is 24.3 Å². The van der Waals surface area contributed by atoms with Gasteiger partial charge in [-0.05, 0) is 30.2 Å². The molecule has 3 aromatic rings. The molecule has 0 aliphatic rings. The van der Waals surface area contributed by atoms with Crippen molar-refractivity contribution in [2.75, 3.05) is 6.61 Å². The molecular formula is C21H15N3O5. The standard InChI is InChI=1S/C21H15N3O5/c1-2-29-21(26)18-17(13-8-10-15(11-9-13)24(27)28)16(12-22)20(25)23-19(18)14-6-4-3-5-7-14/h3-11H,2H2,1H3,(H,23,25). The number of nitriles is 1. The van der Waals surface area contributed by atoms with Gasteiger partial charge in [0.2, 0.25) is 0 Å². The Morgan fingerprint density at radius 3 is 2.34 bits per heavy atom. The first-order valence-corrected chi connectivity index (χ1v) is 8.65. The first-order valence-electron chi connectivity index (χ1n) is 8.65. The minimum absolute atomic E-state index is 0.0167. The molecule has 0 saturated carbocycles. The van der Waals surface area contributed by atoms with Gasteiger partial charge in [0.05, 0.1) is 22.8 Å². The van der Waals surface area contributed by atoms with Crippen molar-refractivity contribution in [3.05, 3.63) is 86.2 Å². The second kappa shape index (κ2) is 8.19. The number of non-ortho nitro benzene ring substituents is 1. The second-order valence-corrected chi connectivity index (χ2v) is 5.96. The molecule has 8 nitrogen and oxygen atoms in total. The van der Waals surface area contributed by atoms with Gasteiger partial charge in [-0.3, -0.25) is 14.9 Å². The largest absolute Gasteiger partial charge is 0.462 e. The van der Waals surface area contributed by atoms with E-state index in [4.69, 9.17) is 4.74 Å². The highest BCUT2D eigenvalue weighted by Gasteiger charge is 2.26. The van der Waals surface area contributed by atoms with Crippen molar-refractivity contribution in [3.63, 3.8) is 0 Å². The molecule has 0 aliphatic heterocycles. The number of nitro groups is 1. The van der Waals surface area contributed by atoms with E-state index in [9.17, 15) is 25.0 Å². The van der Waals surface area contributed by atoms with Crippen molar-refractivity contribution in [1.82, 2.24) is 4.98 Å². The number of carbonyl (C=O) groups is 1. The molecule has 0 radical (unpaired) electrons. The summed E-state index contributed by atoms with van der Waals surface area (Å²) in [6.07, 6.45) is 0. The molecule has 0 atom stereocenters. The number of aromatic amines is 1. The molecule has 1 aromatic heterocycles. The molecule has 3 rings (SSSR count). The average Bonchev–Trinajstić information content (AvgIpc) is 2.73. The SMILES string of the molecule is CCOC(=O)c1c(-c2ccccc2)[nH]c(=O)c(C#N)c1-c1ccc([N+](=O)[O-])cc1. The topological polar surface area (TPSA) is 126 Å². The number of nitro benzene ring substituents is 1. The number of nitrogens with zero attached hydrogens (tertiary/aromatic N) is 2. The average molecular weight is 389 g/mol. The summed E-state index contributed by atoms with van der Waals surface area (Å²) < 4.78 is 5.17. The smallest absolute Gasteiger partial charge is 0.340 e. The number of hydrogen-bond acceptors (Lipinski definition) is 6. The lowest BCUT2D eigenvalue weighted by Gasteiger charge is -2.15. The number of nitrogens with one attached hydrogen (secondary N) is 1. The van der Waals surface area contributed by atoms with Crippen LogP contribution in [-0.4, -0.2) is 22.5 Å². The second-order valence-electron chi connectivity index (χ2n) is 5.96. The molecule has 0 spiro atoms. The van der Waals surface area contributed by atoms with Crippen LogP contribution < -0.4 is 5.56 Å². The number of benzene rings is 2. The number of carbonyl (C=O) groups excluding carboxylic acids is 1. The minimum atomic E-state index is -0.715. The maximum Gasteiger partial charge on any atom is 0.340 e.